The Morgan fingerprint density at radius 3 is 2.24 bits per heavy atom. The fourth-order valence-electron chi connectivity index (χ4n) is 2.33. The number of nitrogens with zero attached hydrogens (tertiary/aromatic N) is 3. The van der Waals surface area contributed by atoms with Crippen LogP contribution in [0.1, 0.15) is 31.5 Å². The summed E-state index contributed by atoms with van der Waals surface area (Å²) in [6.45, 7) is 1.93. The molecule has 7 nitrogen and oxygen atoms in total. The predicted molar refractivity (Wildman–Crippen MR) is 88.6 cm³/mol. The van der Waals surface area contributed by atoms with Crippen LogP contribution in [0.5, 0.6) is 0 Å². The average Bonchev–Trinajstić information content (AvgIpc) is 2.48. The molecule has 0 atom stereocenters. The molecule has 1 heterocycles. The normalized spacial score (nSPS) is 20.3. The van der Waals surface area contributed by atoms with E-state index in [-0.39, 0.29) is 0 Å². The van der Waals surface area contributed by atoms with E-state index in [1.807, 2.05) is 32.0 Å². The monoisotopic (exact) mass is 363 g/mol. The molecule has 0 unspecified atom stereocenters. The largest absolute Gasteiger partial charge is 0.490 e. The Labute approximate surface area is 144 Å². The molecule has 0 bridgehead atoms. The summed E-state index contributed by atoms with van der Waals surface area (Å²) in [6.07, 6.45) is -0.631. The minimum atomic E-state index is -5.08. The number of carboxylic acid groups (broad SMARTS) is 1. The number of aryl methyl sites for hydroxylation is 1. The number of carbonyl (C=O) groups is 1. The smallest absolute Gasteiger partial charge is 0.475 e. The van der Waals surface area contributed by atoms with E-state index >= 15 is 0 Å². The highest BCUT2D eigenvalue weighted by molar-refractivity contribution is 5.73. The number of halogens is 3. The van der Waals surface area contributed by atoms with E-state index in [1.165, 1.54) is 0 Å². The number of anilines is 2. The van der Waals surface area contributed by atoms with Crippen LogP contribution in [0, 0.1) is 6.92 Å². The Morgan fingerprint density at radius 2 is 1.80 bits per heavy atom. The van der Waals surface area contributed by atoms with Crippen LogP contribution in [0.3, 0.4) is 0 Å². The van der Waals surface area contributed by atoms with E-state index in [2.05, 4.69) is 15.3 Å². The van der Waals surface area contributed by atoms with Gasteiger partial charge in [-0.2, -0.15) is 13.2 Å². The first-order chi connectivity index (χ1) is 11.5. The second kappa shape index (κ2) is 8.84. The lowest BCUT2D eigenvalue weighted by atomic mass is 9.92. The molecular formula is C15H24F3N5O2. The van der Waals surface area contributed by atoms with Gasteiger partial charge in [0.05, 0.1) is 0 Å². The third kappa shape index (κ3) is 7.55. The van der Waals surface area contributed by atoms with Crippen molar-refractivity contribution in [3.63, 3.8) is 0 Å². The fraction of sp³-hybridized carbons (Fsp3) is 0.667. The number of aromatic nitrogens is 2. The number of carboxylic acids is 1. The molecule has 0 radical (unpaired) electrons. The Balaban J connectivity index is 0.000000381. The topological polar surface area (TPSA) is 104 Å². The van der Waals surface area contributed by atoms with Crippen LogP contribution in [0.15, 0.2) is 6.07 Å². The van der Waals surface area contributed by atoms with Gasteiger partial charge in [0.25, 0.3) is 0 Å². The van der Waals surface area contributed by atoms with E-state index in [4.69, 9.17) is 15.6 Å². The van der Waals surface area contributed by atoms with Gasteiger partial charge in [-0.05, 0) is 32.6 Å². The van der Waals surface area contributed by atoms with Gasteiger partial charge < -0.3 is 21.1 Å². The molecule has 10 heteroatoms. The quantitative estimate of drug-likeness (QED) is 0.756. The number of alkyl halides is 3. The summed E-state index contributed by atoms with van der Waals surface area (Å²) in [5.41, 5.74) is 5.92. The van der Waals surface area contributed by atoms with Crippen LogP contribution in [-0.2, 0) is 4.79 Å². The Morgan fingerprint density at radius 1 is 1.28 bits per heavy atom. The van der Waals surface area contributed by atoms with Gasteiger partial charge in [-0.25, -0.2) is 14.8 Å². The zero-order valence-electron chi connectivity index (χ0n) is 14.5. The van der Waals surface area contributed by atoms with Crippen molar-refractivity contribution >= 4 is 17.6 Å². The van der Waals surface area contributed by atoms with Gasteiger partial charge in [-0.1, -0.05) is 0 Å². The van der Waals surface area contributed by atoms with Crippen molar-refractivity contribution in [2.24, 2.45) is 5.73 Å². The summed E-state index contributed by atoms with van der Waals surface area (Å²) in [7, 11) is 3.98. The van der Waals surface area contributed by atoms with Crippen molar-refractivity contribution in [3.8, 4) is 0 Å². The van der Waals surface area contributed by atoms with Gasteiger partial charge >= 0.3 is 12.1 Å². The molecule has 1 aliphatic carbocycles. The van der Waals surface area contributed by atoms with Crippen molar-refractivity contribution in [1.29, 1.82) is 0 Å². The van der Waals surface area contributed by atoms with Crippen LogP contribution >= 0.6 is 0 Å². The first kappa shape index (κ1) is 20.9. The highest BCUT2D eigenvalue weighted by Crippen LogP contribution is 2.22. The molecule has 0 aromatic carbocycles. The minimum Gasteiger partial charge on any atom is -0.475 e. The first-order valence-electron chi connectivity index (χ1n) is 7.84. The van der Waals surface area contributed by atoms with Gasteiger partial charge in [0.15, 0.2) is 0 Å². The van der Waals surface area contributed by atoms with Crippen molar-refractivity contribution < 1.29 is 23.1 Å². The summed E-state index contributed by atoms with van der Waals surface area (Å²) in [4.78, 5) is 19.7. The number of aliphatic carboxylic acids is 1. The Hall–Kier alpha value is -2.10. The molecule has 142 valence electrons. The van der Waals surface area contributed by atoms with Gasteiger partial charge in [0, 0.05) is 32.2 Å². The van der Waals surface area contributed by atoms with E-state index in [0.29, 0.717) is 12.1 Å². The maximum Gasteiger partial charge on any atom is 0.490 e. The molecule has 4 N–H and O–H groups in total. The van der Waals surface area contributed by atoms with Crippen LogP contribution in [0.25, 0.3) is 0 Å². The molecule has 1 aromatic rings. The molecule has 0 aliphatic heterocycles. The zero-order valence-corrected chi connectivity index (χ0v) is 14.5. The minimum absolute atomic E-state index is 0.382. The van der Waals surface area contributed by atoms with Gasteiger partial charge in [-0.15, -0.1) is 0 Å². The van der Waals surface area contributed by atoms with E-state index < -0.39 is 12.1 Å². The van der Waals surface area contributed by atoms with Crippen molar-refractivity contribution in [1.82, 2.24) is 9.97 Å². The Kier molecular flexibility index (Phi) is 7.40. The number of hydrogen-bond donors (Lipinski definition) is 3. The summed E-state index contributed by atoms with van der Waals surface area (Å²) in [5.74, 6) is -0.0899. The lowest BCUT2D eigenvalue weighted by molar-refractivity contribution is -0.192. The van der Waals surface area contributed by atoms with Crippen molar-refractivity contribution in [2.45, 2.75) is 50.9 Å². The highest BCUT2D eigenvalue weighted by atomic mass is 19.4. The summed E-state index contributed by atoms with van der Waals surface area (Å²) in [6, 6.07) is 2.88. The molecule has 1 fully saturated rings. The standard InChI is InChI=1S/C13H23N5.C2HF3O2/c1-9-15-12(8-13(16-9)18(2)3)17-11-6-4-10(14)5-7-11;3-2(4,5)1(6)7/h8,10-11H,4-7,14H2,1-3H3,(H,15,16,17);(H,6,7). The van der Waals surface area contributed by atoms with E-state index in [0.717, 1.165) is 43.1 Å². The van der Waals surface area contributed by atoms with Crippen LogP contribution in [0.2, 0.25) is 0 Å². The Bertz CT molecular complexity index is 573. The van der Waals surface area contributed by atoms with Crippen LogP contribution < -0.4 is 16.0 Å². The first-order valence-corrected chi connectivity index (χ1v) is 7.84. The van der Waals surface area contributed by atoms with Crippen LogP contribution in [-0.4, -0.2) is 53.4 Å². The third-order valence-corrected chi connectivity index (χ3v) is 3.65. The molecule has 25 heavy (non-hydrogen) atoms. The molecule has 0 spiro atoms. The third-order valence-electron chi connectivity index (χ3n) is 3.65. The highest BCUT2D eigenvalue weighted by Gasteiger charge is 2.38. The van der Waals surface area contributed by atoms with Gasteiger partial charge in [0.1, 0.15) is 17.5 Å². The van der Waals surface area contributed by atoms with Crippen molar-refractivity contribution in [3.05, 3.63) is 11.9 Å². The molecule has 0 saturated heterocycles. The van der Waals surface area contributed by atoms with Crippen LogP contribution in [0.4, 0.5) is 24.8 Å². The number of rotatable bonds is 3. The predicted octanol–water partition coefficient (Wildman–Crippen LogP) is 2.17. The average molecular weight is 363 g/mol. The zero-order chi connectivity index (χ0) is 19.2. The van der Waals surface area contributed by atoms with E-state index in [9.17, 15) is 13.2 Å². The fourth-order valence-corrected chi connectivity index (χ4v) is 2.33. The van der Waals surface area contributed by atoms with Gasteiger partial charge in [-0.3, -0.25) is 0 Å². The summed E-state index contributed by atoms with van der Waals surface area (Å²) in [5, 5.41) is 10.6. The molecule has 1 aromatic heterocycles. The second-order valence-electron chi connectivity index (χ2n) is 6.11. The van der Waals surface area contributed by atoms with Gasteiger partial charge in [0.2, 0.25) is 0 Å². The summed E-state index contributed by atoms with van der Waals surface area (Å²) >= 11 is 0. The summed E-state index contributed by atoms with van der Waals surface area (Å²) < 4.78 is 31.7. The molecule has 2 rings (SSSR count). The SMILES string of the molecule is Cc1nc(NC2CCC(N)CC2)cc(N(C)C)n1.O=C(O)C(F)(F)F. The number of hydrogen-bond acceptors (Lipinski definition) is 6. The lowest BCUT2D eigenvalue weighted by Crippen LogP contribution is -2.33. The molecule has 0 amide bonds. The molecular weight excluding hydrogens is 339 g/mol. The molecule has 1 aliphatic rings. The molecule has 1 saturated carbocycles. The van der Waals surface area contributed by atoms with Crippen molar-refractivity contribution in [2.75, 3.05) is 24.3 Å². The number of nitrogens with two attached hydrogens (primary N) is 1. The maximum absolute atomic E-state index is 10.6. The second-order valence-corrected chi connectivity index (χ2v) is 6.11. The van der Waals surface area contributed by atoms with E-state index in [1.54, 1.807) is 0 Å². The maximum atomic E-state index is 10.6. The number of nitrogens with one attached hydrogen (secondary N) is 1. The lowest BCUT2D eigenvalue weighted by Gasteiger charge is -2.27.